The number of aromatic nitrogens is 1. The molecule has 1 aromatic heterocycles. The number of nitrogens with zero attached hydrogens (tertiary/aromatic N) is 1. The lowest BCUT2D eigenvalue weighted by Crippen LogP contribution is -2.37. The van der Waals surface area contributed by atoms with Gasteiger partial charge in [-0.2, -0.15) is 0 Å². The van der Waals surface area contributed by atoms with Gasteiger partial charge in [-0.1, -0.05) is 29.3 Å². The molecule has 2 atom stereocenters. The Kier molecular flexibility index (Phi) is 6.81. The minimum absolute atomic E-state index is 0.253. The first-order valence-electron chi connectivity index (χ1n) is 7.34. The third-order valence-electron chi connectivity index (χ3n) is 3.38. The van der Waals surface area contributed by atoms with Crippen LogP contribution in [0.4, 0.5) is 0 Å². The smallest absolute Gasteiger partial charge is 0.340 e. The van der Waals surface area contributed by atoms with Crippen molar-refractivity contribution < 1.29 is 14.3 Å². The molecule has 2 unspecified atom stereocenters. The number of benzene rings is 1. The van der Waals surface area contributed by atoms with Gasteiger partial charge in [-0.3, -0.25) is 9.78 Å². The van der Waals surface area contributed by atoms with E-state index in [0.717, 1.165) is 0 Å². The van der Waals surface area contributed by atoms with E-state index in [-0.39, 0.29) is 11.6 Å². The van der Waals surface area contributed by atoms with E-state index in [2.05, 4.69) is 26.2 Å². The number of halogens is 3. The van der Waals surface area contributed by atoms with E-state index in [1.54, 1.807) is 37.4 Å². The second-order valence-electron chi connectivity index (χ2n) is 5.34. The Morgan fingerprint density at radius 2 is 1.92 bits per heavy atom. The molecule has 0 radical (unpaired) electrons. The summed E-state index contributed by atoms with van der Waals surface area (Å²) in [5.74, 6) is -1.07. The van der Waals surface area contributed by atoms with Crippen molar-refractivity contribution in [1.82, 2.24) is 10.3 Å². The van der Waals surface area contributed by atoms with E-state index in [0.29, 0.717) is 20.1 Å². The maximum absolute atomic E-state index is 12.3. The van der Waals surface area contributed by atoms with E-state index in [9.17, 15) is 9.59 Å². The van der Waals surface area contributed by atoms with Gasteiger partial charge < -0.3 is 10.1 Å². The summed E-state index contributed by atoms with van der Waals surface area (Å²) in [4.78, 5) is 28.2. The minimum atomic E-state index is -0.972. The molecule has 0 aliphatic rings. The molecule has 0 saturated carbocycles. The zero-order chi connectivity index (χ0) is 18.6. The number of ether oxygens (including phenoxy) is 1. The van der Waals surface area contributed by atoms with Gasteiger partial charge in [0.05, 0.1) is 11.6 Å². The summed E-state index contributed by atoms with van der Waals surface area (Å²) >= 11 is 15.2. The first-order chi connectivity index (χ1) is 11.8. The van der Waals surface area contributed by atoms with Crippen LogP contribution >= 0.6 is 39.1 Å². The molecule has 1 aromatic carbocycles. The number of hydrogen-bond acceptors (Lipinski definition) is 4. The highest BCUT2D eigenvalue weighted by Gasteiger charge is 2.22. The van der Waals surface area contributed by atoms with Crippen LogP contribution in [0.15, 0.2) is 41.1 Å². The molecule has 1 heterocycles. The van der Waals surface area contributed by atoms with E-state index < -0.39 is 18.0 Å². The van der Waals surface area contributed by atoms with Crippen LogP contribution < -0.4 is 5.32 Å². The van der Waals surface area contributed by atoms with Gasteiger partial charge in [0.1, 0.15) is 0 Å². The predicted octanol–water partition coefficient (Wildman–Crippen LogP) is 4.57. The minimum Gasteiger partial charge on any atom is -0.449 e. The van der Waals surface area contributed by atoms with Gasteiger partial charge in [0.25, 0.3) is 5.91 Å². The van der Waals surface area contributed by atoms with Crippen molar-refractivity contribution in [2.24, 2.45) is 0 Å². The summed E-state index contributed by atoms with van der Waals surface area (Å²) in [6.07, 6.45) is 1.94. The Morgan fingerprint density at radius 3 is 2.56 bits per heavy atom. The van der Waals surface area contributed by atoms with Crippen LogP contribution in [0.1, 0.15) is 35.8 Å². The molecule has 2 aromatic rings. The van der Waals surface area contributed by atoms with Gasteiger partial charge in [-0.25, -0.2) is 4.79 Å². The number of amides is 1. The van der Waals surface area contributed by atoms with Gasteiger partial charge in [-0.15, -0.1) is 0 Å². The normalized spacial score (nSPS) is 13.0. The maximum Gasteiger partial charge on any atom is 0.340 e. The van der Waals surface area contributed by atoms with E-state index >= 15 is 0 Å². The van der Waals surface area contributed by atoms with E-state index in [4.69, 9.17) is 27.9 Å². The molecule has 0 saturated heterocycles. The molecular formula is C17H15BrCl2N2O3. The summed E-state index contributed by atoms with van der Waals surface area (Å²) in [5.41, 5.74) is 0.969. The number of hydrogen-bond donors (Lipinski definition) is 1. The third kappa shape index (κ3) is 5.42. The summed E-state index contributed by atoms with van der Waals surface area (Å²) in [6.45, 7) is 3.27. The number of pyridine rings is 1. The molecule has 5 nitrogen and oxygen atoms in total. The number of nitrogens with one attached hydrogen (secondary N) is 1. The number of carbonyl (C=O) groups excluding carboxylic acids is 2. The van der Waals surface area contributed by atoms with Gasteiger partial charge in [0, 0.05) is 26.9 Å². The lowest BCUT2D eigenvalue weighted by Gasteiger charge is -2.19. The molecule has 1 amide bonds. The average Bonchev–Trinajstić information content (AvgIpc) is 2.54. The molecule has 1 N–H and O–H groups in total. The molecule has 0 spiro atoms. The Balaban J connectivity index is 1.98. The monoisotopic (exact) mass is 444 g/mol. The molecule has 132 valence electrons. The predicted molar refractivity (Wildman–Crippen MR) is 99.8 cm³/mol. The molecule has 0 fully saturated rings. The maximum atomic E-state index is 12.3. The first kappa shape index (κ1) is 19.7. The van der Waals surface area contributed by atoms with Crippen molar-refractivity contribution in [2.75, 3.05) is 0 Å². The van der Waals surface area contributed by atoms with Crippen LogP contribution in [0.25, 0.3) is 0 Å². The third-order valence-corrected chi connectivity index (χ3v) is 4.38. The summed E-state index contributed by atoms with van der Waals surface area (Å²) in [5, 5.41) is 3.72. The highest BCUT2D eigenvalue weighted by molar-refractivity contribution is 9.10. The van der Waals surface area contributed by atoms with E-state index in [1.807, 2.05) is 0 Å². The highest BCUT2D eigenvalue weighted by atomic mass is 79.9. The Labute approximate surface area is 163 Å². The van der Waals surface area contributed by atoms with Crippen LogP contribution in [0.5, 0.6) is 0 Å². The number of esters is 1. The topological polar surface area (TPSA) is 68.3 Å². The zero-order valence-electron chi connectivity index (χ0n) is 13.4. The average molecular weight is 446 g/mol. The van der Waals surface area contributed by atoms with Crippen molar-refractivity contribution in [2.45, 2.75) is 26.0 Å². The second-order valence-corrected chi connectivity index (χ2v) is 7.09. The summed E-state index contributed by atoms with van der Waals surface area (Å²) in [6, 6.07) is 6.22. The van der Waals surface area contributed by atoms with Crippen molar-refractivity contribution in [3.05, 3.63) is 62.3 Å². The molecule has 0 aliphatic carbocycles. The van der Waals surface area contributed by atoms with Crippen molar-refractivity contribution in [3.8, 4) is 0 Å². The van der Waals surface area contributed by atoms with Gasteiger partial charge in [0.15, 0.2) is 6.10 Å². The van der Waals surface area contributed by atoms with Crippen LogP contribution in [-0.4, -0.2) is 23.0 Å². The van der Waals surface area contributed by atoms with Crippen LogP contribution in [0.2, 0.25) is 10.0 Å². The van der Waals surface area contributed by atoms with Crippen LogP contribution in [-0.2, 0) is 9.53 Å². The SMILES string of the molecule is CC(OC(=O)c1cncc(Br)c1)C(=O)NC(C)c1ccc(Cl)cc1Cl. The first-order valence-corrected chi connectivity index (χ1v) is 8.89. The quantitative estimate of drug-likeness (QED) is 0.684. The summed E-state index contributed by atoms with van der Waals surface area (Å²) in [7, 11) is 0. The Bertz CT molecular complexity index is 801. The second kappa shape index (κ2) is 8.65. The number of rotatable bonds is 5. The highest BCUT2D eigenvalue weighted by Crippen LogP contribution is 2.26. The number of carbonyl (C=O) groups is 2. The van der Waals surface area contributed by atoms with Crippen LogP contribution in [0.3, 0.4) is 0 Å². The van der Waals surface area contributed by atoms with Gasteiger partial charge in [0.2, 0.25) is 0 Å². The molecule has 0 aliphatic heterocycles. The standard InChI is InChI=1S/C17H15BrCl2N2O3/c1-9(14-4-3-13(19)6-15(14)20)22-16(23)10(2)25-17(24)11-5-12(18)8-21-7-11/h3-10H,1-2H3,(H,22,23). The zero-order valence-corrected chi connectivity index (χ0v) is 16.5. The molecular weight excluding hydrogens is 431 g/mol. The Hall–Kier alpha value is -1.63. The molecule has 0 bridgehead atoms. The van der Waals surface area contributed by atoms with Gasteiger partial charge in [-0.05, 0) is 53.5 Å². The fourth-order valence-corrected chi connectivity index (χ4v) is 3.00. The molecule has 2 rings (SSSR count). The largest absolute Gasteiger partial charge is 0.449 e. The van der Waals surface area contributed by atoms with Crippen molar-refractivity contribution >= 4 is 51.0 Å². The van der Waals surface area contributed by atoms with E-state index in [1.165, 1.54) is 13.1 Å². The Morgan fingerprint density at radius 1 is 1.20 bits per heavy atom. The fourth-order valence-electron chi connectivity index (χ4n) is 2.07. The molecule has 25 heavy (non-hydrogen) atoms. The fraction of sp³-hybridized carbons (Fsp3) is 0.235. The van der Waals surface area contributed by atoms with Crippen LogP contribution in [0, 0.1) is 0 Å². The lowest BCUT2D eigenvalue weighted by molar-refractivity contribution is -0.129. The van der Waals surface area contributed by atoms with Gasteiger partial charge >= 0.3 is 5.97 Å². The summed E-state index contributed by atoms with van der Waals surface area (Å²) < 4.78 is 5.82. The van der Waals surface area contributed by atoms with Crippen molar-refractivity contribution in [1.29, 1.82) is 0 Å². The van der Waals surface area contributed by atoms with Crippen molar-refractivity contribution in [3.63, 3.8) is 0 Å². The molecule has 8 heteroatoms. The lowest BCUT2D eigenvalue weighted by atomic mass is 10.1.